The molecule has 0 fully saturated rings. The second kappa shape index (κ2) is 46.9. The summed E-state index contributed by atoms with van der Waals surface area (Å²) < 4.78 is 22.2. The van der Waals surface area contributed by atoms with E-state index in [4.69, 9.17) is 14.8 Å². The van der Waals surface area contributed by atoms with Gasteiger partial charge in [-0.25, -0.2) is 4.57 Å². The molecule has 0 aliphatic carbocycles. The van der Waals surface area contributed by atoms with Gasteiger partial charge in [-0.15, -0.1) is 0 Å². The molecule has 0 aliphatic rings. The van der Waals surface area contributed by atoms with Crippen molar-refractivity contribution in [2.45, 2.75) is 276 Å². The summed E-state index contributed by atoms with van der Waals surface area (Å²) >= 11 is 0. The summed E-state index contributed by atoms with van der Waals surface area (Å²) in [5.41, 5.74) is 5.38. The van der Waals surface area contributed by atoms with Gasteiger partial charge in [0.1, 0.15) is 0 Å². The Labute approximate surface area is 377 Å². The van der Waals surface area contributed by atoms with Crippen molar-refractivity contribution in [1.82, 2.24) is 5.32 Å². The van der Waals surface area contributed by atoms with Crippen LogP contribution in [0.25, 0.3) is 0 Å². The van der Waals surface area contributed by atoms with Gasteiger partial charge in [0, 0.05) is 6.54 Å². The third kappa shape index (κ3) is 45.3. The Kier molecular flexibility index (Phi) is 46.1. The second-order valence-corrected chi connectivity index (χ2v) is 19.4. The summed E-state index contributed by atoms with van der Waals surface area (Å²) in [4.78, 5) is 22.9. The number of aliphatic hydroxyl groups excluding tert-OH is 2. The maximum Gasteiger partial charge on any atom is 0.472 e. The van der Waals surface area contributed by atoms with Gasteiger partial charge in [0.15, 0.2) is 0 Å². The van der Waals surface area contributed by atoms with Crippen molar-refractivity contribution in [2.24, 2.45) is 5.73 Å². The van der Waals surface area contributed by atoms with Crippen LogP contribution in [-0.2, 0) is 18.4 Å². The lowest BCUT2D eigenvalue weighted by Gasteiger charge is -2.24. The van der Waals surface area contributed by atoms with Gasteiger partial charge in [0.2, 0.25) is 5.91 Å². The number of carbonyl (C=O) groups excluding carboxylic acids is 1. The van der Waals surface area contributed by atoms with Crippen molar-refractivity contribution < 1.29 is 33.5 Å². The predicted molar refractivity (Wildman–Crippen MR) is 260 cm³/mol. The lowest BCUT2D eigenvalue weighted by molar-refractivity contribution is -0.124. The number of aliphatic hydroxyl groups is 2. The second-order valence-electron chi connectivity index (χ2n) is 17.9. The molecular weight excluding hydrogens is 784 g/mol. The van der Waals surface area contributed by atoms with Gasteiger partial charge in [-0.05, 0) is 44.9 Å². The van der Waals surface area contributed by atoms with Crippen molar-refractivity contribution in [3.8, 4) is 0 Å². The zero-order valence-corrected chi connectivity index (χ0v) is 40.9. The fraction of sp³-hybridized carbons (Fsp3) is 0.902. The molecule has 0 saturated heterocycles. The lowest BCUT2D eigenvalue weighted by Crippen LogP contribution is -2.46. The molecular formula is C51H101N2O7P. The van der Waals surface area contributed by atoms with E-state index in [2.05, 4.69) is 31.3 Å². The summed E-state index contributed by atoms with van der Waals surface area (Å²) in [7, 11) is -4.41. The summed E-state index contributed by atoms with van der Waals surface area (Å²) in [6.45, 7) is 4.01. The molecule has 362 valence electrons. The van der Waals surface area contributed by atoms with Gasteiger partial charge in [0.25, 0.3) is 0 Å². The van der Waals surface area contributed by atoms with E-state index in [9.17, 15) is 24.5 Å². The number of phosphoric acid groups is 1. The van der Waals surface area contributed by atoms with Crippen LogP contribution < -0.4 is 11.1 Å². The third-order valence-electron chi connectivity index (χ3n) is 11.8. The number of phosphoric ester groups is 1. The minimum absolute atomic E-state index is 0.0492. The number of allylic oxidation sites excluding steroid dienone is 3. The monoisotopic (exact) mass is 885 g/mol. The van der Waals surface area contributed by atoms with Crippen LogP contribution in [0.3, 0.4) is 0 Å². The Morgan fingerprint density at radius 1 is 0.557 bits per heavy atom. The highest BCUT2D eigenvalue weighted by Gasteiger charge is 2.27. The summed E-state index contributed by atoms with van der Waals surface area (Å²) in [5.74, 6) is -0.447. The number of nitrogens with one attached hydrogen (secondary N) is 1. The minimum Gasteiger partial charge on any atom is -0.393 e. The first-order chi connectivity index (χ1) is 29.8. The topological polar surface area (TPSA) is 151 Å². The Balaban J connectivity index is 4.19. The van der Waals surface area contributed by atoms with E-state index in [1.54, 1.807) is 6.08 Å². The molecule has 0 aromatic carbocycles. The molecule has 6 N–H and O–H groups in total. The van der Waals surface area contributed by atoms with Crippen LogP contribution in [0.1, 0.15) is 258 Å². The fourth-order valence-electron chi connectivity index (χ4n) is 7.88. The number of amides is 1. The Morgan fingerprint density at radius 3 is 1.31 bits per heavy atom. The Bertz CT molecular complexity index is 1030. The third-order valence-corrected chi connectivity index (χ3v) is 12.8. The molecule has 0 aliphatic heterocycles. The minimum atomic E-state index is -4.41. The van der Waals surface area contributed by atoms with E-state index in [0.717, 1.165) is 51.4 Å². The molecule has 0 bridgehead atoms. The molecule has 0 rings (SSSR count). The van der Waals surface area contributed by atoms with Crippen LogP contribution >= 0.6 is 7.82 Å². The molecule has 9 nitrogen and oxygen atoms in total. The van der Waals surface area contributed by atoms with Gasteiger partial charge < -0.3 is 26.2 Å². The number of hydrogen-bond acceptors (Lipinski definition) is 7. The fourth-order valence-corrected chi connectivity index (χ4v) is 8.64. The zero-order valence-electron chi connectivity index (χ0n) is 40.0. The summed E-state index contributed by atoms with van der Waals surface area (Å²) in [5, 5.41) is 24.2. The van der Waals surface area contributed by atoms with E-state index < -0.39 is 38.6 Å². The lowest BCUT2D eigenvalue weighted by atomic mass is 10.0. The Morgan fingerprint density at radius 2 is 0.918 bits per heavy atom. The van der Waals surface area contributed by atoms with E-state index in [-0.39, 0.29) is 19.6 Å². The number of nitrogens with two attached hydrogens (primary N) is 1. The van der Waals surface area contributed by atoms with E-state index in [0.29, 0.717) is 6.42 Å². The smallest absolute Gasteiger partial charge is 0.393 e. The summed E-state index contributed by atoms with van der Waals surface area (Å²) in [6, 6.07) is -0.984. The highest BCUT2D eigenvalue weighted by atomic mass is 31.2. The highest BCUT2D eigenvalue weighted by molar-refractivity contribution is 7.47. The molecule has 0 aromatic heterocycles. The standard InChI is InChI=1S/C51H101N2O7P/c1-3-5-7-9-11-13-15-17-19-21-23-24-25-27-29-31-33-35-37-39-41-43-50(55)49(47-60-61(57,58)59-45-44-52)53-51(56)46-48(54)42-40-38-36-34-32-30-28-26-22-20-18-16-14-12-10-8-6-4-2/h26,28,41,43,48-50,54-55H,3-25,27,29-40,42,44-47,52H2,1-2H3,(H,53,56)(H,57,58)/b28-26-,43-41+. The molecule has 4 unspecified atom stereocenters. The van der Waals surface area contributed by atoms with Gasteiger partial charge in [-0.1, -0.05) is 231 Å². The number of carbonyl (C=O) groups is 1. The van der Waals surface area contributed by atoms with E-state index in [1.807, 2.05) is 6.08 Å². The maximum atomic E-state index is 12.9. The number of unbranched alkanes of at least 4 members (excludes halogenated alkanes) is 33. The molecule has 0 spiro atoms. The van der Waals surface area contributed by atoms with Crippen LogP contribution in [0.5, 0.6) is 0 Å². The molecule has 1 amide bonds. The van der Waals surface area contributed by atoms with Crippen molar-refractivity contribution in [1.29, 1.82) is 0 Å². The van der Waals surface area contributed by atoms with Gasteiger partial charge >= 0.3 is 7.82 Å². The zero-order chi connectivity index (χ0) is 44.8. The van der Waals surface area contributed by atoms with E-state index >= 15 is 0 Å². The van der Waals surface area contributed by atoms with Gasteiger partial charge in [-0.3, -0.25) is 13.8 Å². The number of hydrogen-bond donors (Lipinski definition) is 5. The van der Waals surface area contributed by atoms with Gasteiger partial charge in [-0.2, -0.15) is 0 Å². The van der Waals surface area contributed by atoms with Crippen LogP contribution in [0.4, 0.5) is 0 Å². The summed E-state index contributed by atoms with van der Waals surface area (Å²) in [6.07, 6.45) is 52.7. The van der Waals surface area contributed by atoms with Crippen molar-refractivity contribution in [2.75, 3.05) is 19.8 Å². The first-order valence-corrected chi connectivity index (χ1v) is 27.5. The first kappa shape index (κ1) is 59.9. The molecule has 4 atom stereocenters. The van der Waals surface area contributed by atoms with Gasteiger partial charge in [0.05, 0.1) is 37.9 Å². The maximum absolute atomic E-state index is 12.9. The average Bonchev–Trinajstić information content (AvgIpc) is 3.24. The Hall–Kier alpha value is -1.06. The average molecular weight is 885 g/mol. The van der Waals surface area contributed by atoms with Crippen LogP contribution in [0.2, 0.25) is 0 Å². The number of rotatable bonds is 49. The van der Waals surface area contributed by atoms with Crippen LogP contribution in [0.15, 0.2) is 24.3 Å². The van der Waals surface area contributed by atoms with Crippen molar-refractivity contribution >= 4 is 13.7 Å². The molecule has 0 heterocycles. The molecule has 61 heavy (non-hydrogen) atoms. The SMILES string of the molecule is CCCCCCCCCCC/C=C\CCCCCCCC(O)CC(=O)NC(COP(=O)(O)OCCN)C(O)/C=C/CCCCCCCCCCCCCCCCCCCCC. The predicted octanol–water partition coefficient (Wildman–Crippen LogP) is 14.3. The first-order valence-electron chi connectivity index (χ1n) is 26.0. The van der Waals surface area contributed by atoms with Crippen LogP contribution in [0, 0.1) is 0 Å². The van der Waals surface area contributed by atoms with E-state index in [1.165, 1.54) is 180 Å². The molecule has 10 heteroatoms. The van der Waals surface area contributed by atoms with Crippen molar-refractivity contribution in [3.05, 3.63) is 24.3 Å². The quantitative estimate of drug-likeness (QED) is 0.0230. The van der Waals surface area contributed by atoms with Crippen molar-refractivity contribution in [3.63, 3.8) is 0 Å². The molecule has 0 saturated carbocycles. The largest absolute Gasteiger partial charge is 0.472 e. The van der Waals surface area contributed by atoms with Crippen LogP contribution in [-0.4, -0.2) is 59.0 Å². The highest BCUT2D eigenvalue weighted by Crippen LogP contribution is 2.43. The molecule has 0 radical (unpaired) electrons. The molecule has 0 aromatic rings. The normalized spacial score (nSPS) is 14.5.